The number of aliphatic hydroxyl groups is 1. The zero-order chi connectivity index (χ0) is 19.8. The van der Waals surface area contributed by atoms with Crippen LogP contribution in [0, 0.1) is 0 Å². The van der Waals surface area contributed by atoms with Gasteiger partial charge in [-0.25, -0.2) is 9.03 Å². The number of phenolic OH excluding ortho intramolecular Hbond substituents is 1. The molecule has 0 unspecified atom stereocenters. The normalized spacial score (nSPS) is 16.1. The number of halogens is 3. The summed E-state index contributed by atoms with van der Waals surface area (Å²) in [6.45, 7) is 0. The molecular formula is C17H15F3N2O4S. The van der Waals surface area contributed by atoms with E-state index in [0.29, 0.717) is 28.3 Å². The van der Waals surface area contributed by atoms with Gasteiger partial charge in [0.05, 0.1) is 11.8 Å². The lowest BCUT2D eigenvalue weighted by molar-refractivity contribution is -0.137. The second-order valence-electron chi connectivity index (χ2n) is 5.94. The van der Waals surface area contributed by atoms with Crippen LogP contribution in [0.3, 0.4) is 0 Å². The van der Waals surface area contributed by atoms with Crippen molar-refractivity contribution in [1.29, 1.82) is 0 Å². The summed E-state index contributed by atoms with van der Waals surface area (Å²) < 4.78 is 63.9. The Morgan fingerprint density at radius 3 is 2.07 bits per heavy atom. The third-order valence-electron chi connectivity index (χ3n) is 3.99. The van der Waals surface area contributed by atoms with Gasteiger partial charge in [-0.1, -0.05) is 18.2 Å². The standard InChI is InChI=1S/C17H15F3N2O4S/c18-17(19,20)13-6-3-11(4-7-13)1-2-12-5-8-14(15(23)9-12)22-10-16(24)21-27(22,25)26/h3-10,21,23-24H,1-2H2. The predicted octanol–water partition coefficient (Wildman–Crippen LogP) is 3.21. The molecule has 1 aliphatic heterocycles. The summed E-state index contributed by atoms with van der Waals surface area (Å²) in [7, 11) is -4.01. The Balaban J connectivity index is 1.72. The second kappa shape index (κ2) is 6.69. The first-order valence-electron chi connectivity index (χ1n) is 7.77. The number of alkyl halides is 3. The molecule has 0 amide bonds. The van der Waals surface area contributed by atoms with Gasteiger partial charge in [-0.2, -0.15) is 21.6 Å². The molecule has 0 atom stereocenters. The fourth-order valence-corrected chi connectivity index (χ4v) is 3.71. The average Bonchev–Trinajstić information content (AvgIpc) is 2.85. The maximum atomic E-state index is 12.6. The SMILES string of the molecule is O=S1(=O)NC(O)=CN1c1ccc(CCc2ccc(C(F)(F)F)cc2)cc1O. The van der Waals surface area contributed by atoms with Crippen LogP contribution in [0.4, 0.5) is 18.9 Å². The molecule has 0 spiro atoms. The van der Waals surface area contributed by atoms with Crippen LogP contribution in [-0.2, 0) is 29.2 Å². The van der Waals surface area contributed by atoms with E-state index in [1.165, 1.54) is 24.3 Å². The number of anilines is 1. The molecule has 0 bridgehead atoms. The number of benzene rings is 2. The van der Waals surface area contributed by atoms with Crippen molar-refractivity contribution in [1.82, 2.24) is 4.72 Å². The zero-order valence-corrected chi connectivity index (χ0v) is 14.5. The number of rotatable bonds is 4. The van der Waals surface area contributed by atoms with Crippen molar-refractivity contribution >= 4 is 15.9 Å². The maximum Gasteiger partial charge on any atom is 0.416 e. The van der Waals surface area contributed by atoms with Crippen LogP contribution in [0.1, 0.15) is 16.7 Å². The fraction of sp³-hybridized carbons (Fsp3) is 0.176. The summed E-state index contributed by atoms with van der Waals surface area (Å²) in [5, 5.41) is 19.4. The largest absolute Gasteiger partial charge is 0.506 e. The van der Waals surface area contributed by atoms with E-state index in [1.54, 1.807) is 6.07 Å². The molecule has 3 N–H and O–H groups in total. The molecule has 1 heterocycles. The first-order valence-corrected chi connectivity index (χ1v) is 9.21. The predicted molar refractivity (Wildman–Crippen MR) is 92.2 cm³/mol. The number of nitrogens with one attached hydrogen (secondary N) is 1. The Morgan fingerprint density at radius 2 is 1.56 bits per heavy atom. The van der Waals surface area contributed by atoms with E-state index in [2.05, 4.69) is 0 Å². The van der Waals surface area contributed by atoms with E-state index in [-0.39, 0.29) is 11.4 Å². The zero-order valence-electron chi connectivity index (χ0n) is 13.7. The van der Waals surface area contributed by atoms with Gasteiger partial charge in [-0.3, -0.25) is 0 Å². The fourth-order valence-electron chi connectivity index (χ4n) is 2.65. The summed E-state index contributed by atoms with van der Waals surface area (Å²) in [6.07, 6.45) is -2.58. The Bertz CT molecular complexity index is 986. The van der Waals surface area contributed by atoms with Crippen LogP contribution in [0.15, 0.2) is 54.5 Å². The molecule has 0 fully saturated rings. The molecule has 144 valence electrons. The molecule has 0 saturated carbocycles. The molecular weight excluding hydrogens is 385 g/mol. The minimum atomic E-state index is -4.38. The quantitative estimate of drug-likeness (QED) is 0.735. The number of nitrogens with zero attached hydrogens (tertiary/aromatic N) is 1. The maximum absolute atomic E-state index is 12.6. The number of aryl methyl sites for hydroxylation is 2. The molecule has 0 radical (unpaired) electrons. The Labute approximate surface area is 153 Å². The molecule has 0 aliphatic carbocycles. The monoisotopic (exact) mass is 400 g/mol. The molecule has 3 rings (SSSR count). The molecule has 6 nitrogen and oxygen atoms in total. The Kier molecular flexibility index (Phi) is 4.68. The molecule has 10 heteroatoms. The van der Waals surface area contributed by atoms with Crippen LogP contribution in [0.25, 0.3) is 0 Å². The second-order valence-corrected chi connectivity index (χ2v) is 7.48. The highest BCUT2D eigenvalue weighted by Gasteiger charge is 2.31. The van der Waals surface area contributed by atoms with Crippen molar-refractivity contribution in [2.45, 2.75) is 19.0 Å². The molecule has 2 aromatic rings. The van der Waals surface area contributed by atoms with Gasteiger partial charge in [-0.15, -0.1) is 0 Å². The lowest BCUT2D eigenvalue weighted by Crippen LogP contribution is -2.29. The highest BCUT2D eigenvalue weighted by Crippen LogP contribution is 2.33. The van der Waals surface area contributed by atoms with Crippen molar-refractivity contribution < 1.29 is 31.8 Å². The highest BCUT2D eigenvalue weighted by molar-refractivity contribution is 7.91. The number of aliphatic hydroxyl groups excluding tert-OH is 1. The first-order chi connectivity index (χ1) is 12.6. The van der Waals surface area contributed by atoms with Crippen LogP contribution >= 0.6 is 0 Å². The van der Waals surface area contributed by atoms with Gasteiger partial charge < -0.3 is 10.2 Å². The van der Waals surface area contributed by atoms with Gasteiger partial charge in [0.2, 0.25) is 5.88 Å². The van der Waals surface area contributed by atoms with Gasteiger partial charge in [-0.05, 0) is 48.2 Å². The van der Waals surface area contributed by atoms with Crippen molar-refractivity contribution in [3.63, 3.8) is 0 Å². The summed E-state index contributed by atoms with van der Waals surface area (Å²) in [6, 6.07) is 9.17. The van der Waals surface area contributed by atoms with E-state index in [0.717, 1.165) is 18.3 Å². The number of phenols is 1. The molecule has 0 aromatic heterocycles. The first kappa shape index (κ1) is 18.9. The lowest BCUT2D eigenvalue weighted by Gasteiger charge is -2.16. The minimum Gasteiger partial charge on any atom is -0.506 e. The van der Waals surface area contributed by atoms with Crippen molar-refractivity contribution in [3.8, 4) is 5.75 Å². The smallest absolute Gasteiger partial charge is 0.416 e. The van der Waals surface area contributed by atoms with E-state index < -0.39 is 27.8 Å². The highest BCUT2D eigenvalue weighted by atomic mass is 32.2. The van der Waals surface area contributed by atoms with Crippen molar-refractivity contribution in [2.75, 3.05) is 4.31 Å². The summed E-state index contributed by atoms with van der Waals surface area (Å²) in [5.74, 6) is -0.878. The van der Waals surface area contributed by atoms with Gasteiger partial charge in [0, 0.05) is 0 Å². The number of aromatic hydroxyl groups is 1. The van der Waals surface area contributed by atoms with Crippen molar-refractivity contribution in [2.24, 2.45) is 0 Å². The van der Waals surface area contributed by atoms with Crippen molar-refractivity contribution in [3.05, 3.63) is 71.2 Å². The molecule has 27 heavy (non-hydrogen) atoms. The van der Waals surface area contributed by atoms with Gasteiger partial charge in [0.15, 0.2) is 0 Å². The van der Waals surface area contributed by atoms with Gasteiger partial charge in [0.25, 0.3) is 0 Å². The van der Waals surface area contributed by atoms with E-state index in [9.17, 15) is 31.8 Å². The molecule has 2 aromatic carbocycles. The lowest BCUT2D eigenvalue weighted by atomic mass is 10.0. The Morgan fingerprint density at radius 1 is 0.963 bits per heavy atom. The Hall–Kier alpha value is -2.88. The van der Waals surface area contributed by atoms with Crippen LogP contribution in [0.2, 0.25) is 0 Å². The minimum absolute atomic E-state index is 0.0372. The van der Waals surface area contributed by atoms with Crippen LogP contribution in [-0.4, -0.2) is 18.6 Å². The van der Waals surface area contributed by atoms with E-state index in [4.69, 9.17) is 0 Å². The summed E-state index contributed by atoms with van der Waals surface area (Å²) >= 11 is 0. The number of hydrogen-bond acceptors (Lipinski definition) is 4. The van der Waals surface area contributed by atoms with E-state index >= 15 is 0 Å². The topological polar surface area (TPSA) is 89.9 Å². The van der Waals surface area contributed by atoms with Crippen LogP contribution < -0.4 is 9.03 Å². The third kappa shape index (κ3) is 4.11. The molecule has 1 aliphatic rings. The van der Waals surface area contributed by atoms with E-state index in [1.807, 2.05) is 4.72 Å². The summed E-state index contributed by atoms with van der Waals surface area (Å²) in [4.78, 5) is 0. The van der Waals surface area contributed by atoms with Gasteiger partial charge in [0.1, 0.15) is 11.4 Å². The number of hydrogen-bond donors (Lipinski definition) is 3. The van der Waals surface area contributed by atoms with Crippen LogP contribution in [0.5, 0.6) is 5.75 Å². The third-order valence-corrected chi connectivity index (χ3v) is 5.28. The average molecular weight is 400 g/mol. The molecule has 0 saturated heterocycles. The van der Waals surface area contributed by atoms with Gasteiger partial charge >= 0.3 is 16.4 Å². The summed E-state index contributed by atoms with van der Waals surface area (Å²) in [5.41, 5.74) is 0.620.